The molecule has 1 heterocycles. The molecule has 1 saturated heterocycles. The lowest BCUT2D eigenvalue weighted by Gasteiger charge is -2.30. The molecule has 0 bridgehead atoms. The number of ether oxygens (including phenoxy) is 2. The molecule has 238 valence electrons. The van der Waals surface area contributed by atoms with Gasteiger partial charge in [0, 0.05) is 32.1 Å². The number of rotatable bonds is 11. The third-order valence-corrected chi connectivity index (χ3v) is 8.16. The van der Waals surface area contributed by atoms with Gasteiger partial charge in [0.1, 0.15) is 24.3 Å². The molecule has 0 aromatic heterocycles. The number of hydrogen-bond acceptors (Lipinski definition) is 6. The molecule has 2 atom stereocenters. The average Bonchev–Trinajstić information content (AvgIpc) is 3.61. The quantitative estimate of drug-likeness (QED) is 0.346. The molecule has 0 spiro atoms. The third-order valence-electron chi connectivity index (χ3n) is 8.16. The molecular formula is C34H46N4O6. The fraction of sp³-hybridized carbons (Fsp3) is 0.529. The largest absolute Gasteiger partial charge is 0.449 e. The summed E-state index contributed by atoms with van der Waals surface area (Å²) < 4.78 is 11.1. The standard InChI is InChI=1S/C34H46N4O6/c1-6-37(7-2)31(40)28(36-30(39)29-19-13-21-38(29)33(42)44-34(3,4)5)18-12-20-35-32(41)43-22-27-25-16-10-8-14-23(25)24-15-9-11-17-26(24)27/h8-11,14-17,27-29H,6-7,12-13,18-22H2,1-5H3,(H,35,41)(H,36,39). The van der Waals surface area contributed by atoms with E-state index in [-0.39, 0.29) is 30.9 Å². The molecule has 1 aliphatic heterocycles. The van der Waals surface area contributed by atoms with Crippen molar-refractivity contribution in [3.8, 4) is 11.1 Å². The SMILES string of the molecule is CCN(CC)C(=O)C(CCCNC(=O)OCC1c2ccccc2-c2ccccc21)NC(=O)C1CCCN1C(=O)OC(C)(C)C. The van der Waals surface area contributed by atoms with Crippen LogP contribution in [0, 0.1) is 0 Å². The van der Waals surface area contributed by atoms with Crippen molar-refractivity contribution in [2.75, 3.05) is 32.8 Å². The van der Waals surface area contributed by atoms with Crippen LogP contribution in [0.5, 0.6) is 0 Å². The van der Waals surface area contributed by atoms with Gasteiger partial charge in [0.15, 0.2) is 0 Å². The van der Waals surface area contributed by atoms with E-state index in [1.54, 1.807) is 25.7 Å². The molecule has 0 radical (unpaired) electrons. The topological polar surface area (TPSA) is 117 Å². The Bertz CT molecular complexity index is 1290. The third kappa shape index (κ3) is 7.89. The van der Waals surface area contributed by atoms with Crippen molar-refractivity contribution >= 4 is 24.0 Å². The number of likely N-dealkylation sites (tertiary alicyclic amines) is 1. The first-order chi connectivity index (χ1) is 21.0. The summed E-state index contributed by atoms with van der Waals surface area (Å²) >= 11 is 0. The van der Waals surface area contributed by atoms with Gasteiger partial charge in [-0.3, -0.25) is 14.5 Å². The molecule has 2 aromatic carbocycles. The second-order valence-corrected chi connectivity index (χ2v) is 12.3. The Morgan fingerprint density at radius 3 is 2.18 bits per heavy atom. The number of carbonyl (C=O) groups is 4. The Labute approximate surface area is 260 Å². The minimum atomic E-state index is -0.784. The van der Waals surface area contributed by atoms with E-state index < -0.39 is 29.9 Å². The summed E-state index contributed by atoms with van der Waals surface area (Å²) in [6.07, 6.45) is 0.888. The number of hydrogen-bond donors (Lipinski definition) is 2. The molecule has 2 N–H and O–H groups in total. The van der Waals surface area contributed by atoms with Crippen LogP contribution in [-0.4, -0.2) is 84.3 Å². The van der Waals surface area contributed by atoms with Crippen LogP contribution >= 0.6 is 0 Å². The van der Waals surface area contributed by atoms with E-state index in [1.165, 1.54) is 4.90 Å². The zero-order valence-corrected chi connectivity index (χ0v) is 26.6. The predicted octanol–water partition coefficient (Wildman–Crippen LogP) is 5.06. The van der Waals surface area contributed by atoms with Gasteiger partial charge in [0.25, 0.3) is 0 Å². The summed E-state index contributed by atoms with van der Waals surface area (Å²) in [5.41, 5.74) is 3.93. The zero-order valence-electron chi connectivity index (χ0n) is 26.6. The minimum Gasteiger partial charge on any atom is -0.449 e. The van der Waals surface area contributed by atoms with Crippen LogP contribution in [0.15, 0.2) is 48.5 Å². The van der Waals surface area contributed by atoms with Crippen molar-refractivity contribution < 1.29 is 28.7 Å². The van der Waals surface area contributed by atoms with Crippen LogP contribution in [0.4, 0.5) is 9.59 Å². The summed E-state index contributed by atoms with van der Waals surface area (Å²) in [5.74, 6) is -0.593. The van der Waals surface area contributed by atoms with E-state index in [0.717, 1.165) is 22.3 Å². The lowest BCUT2D eigenvalue weighted by molar-refractivity contribution is -0.137. The first-order valence-electron chi connectivity index (χ1n) is 15.7. The minimum absolute atomic E-state index is 0.0322. The molecule has 0 saturated carbocycles. The predicted molar refractivity (Wildman–Crippen MR) is 168 cm³/mol. The number of fused-ring (bicyclic) bond motifs is 3. The first-order valence-corrected chi connectivity index (χ1v) is 15.7. The van der Waals surface area contributed by atoms with E-state index in [2.05, 4.69) is 34.9 Å². The summed E-state index contributed by atoms with van der Waals surface area (Å²) in [6, 6.07) is 14.8. The van der Waals surface area contributed by atoms with Crippen LogP contribution in [0.1, 0.15) is 77.3 Å². The number of benzene rings is 2. The fourth-order valence-electron chi connectivity index (χ4n) is 6.01. The molecule has 44 heavy (non-hydrogen) atoms. The van der Waals surface area contributed by atoms with Crippen LogP contribution in [0.3, 0.4) is 0 Å². The smallest absolute Gasteiger partial charge is 0.410 e. The molecular weight excluding hydrogens is 560 g/mol. The van der Waals surface area contributed by atoms with E-state index >= 15 is 0 Å². The summed E-state index contributed by atoms with van der Waals surface area (Å²) in [7, 11) is 0. The number of carbonyl (C=O) groups excluding carboxylic acids is 4. The van der Waals surface area contributed by atoms with E-state index in [9.17, 15) is 19.2 Å². The van der Waals surface area contributed by atoms with Crippen molar-refractivity contribution in [1.29, 1.82) is 0 Å². The second kappa shape index (κ2) is 14.6. The summed E-state index contributed by atoms with van der Waals surface area (Å²) in [5, 5.41) is 5.69. The first kappa shape index (κ1) is 32.8. The molecule has 4 amide bonds. The van der Waals surface area contributed by atoms with E-state index in [0.29, 0.717) is 45.3 Å². The lowest BCUT2D eigenvalue weighted by Crippen LogP contribution is -2.54. The maximum atomic E-state index is 13.3. The van der Waals surface area contributed by atoms with E-state index in [1.807, 2.05) is 38.1 Å². The lowest BCUT2D eigenvalue weighted by atomic mass is 9.98. The van der Waals surface area contributed by atoms with Crippen LogP contribution in [-0.2, 0) is 19.1 Å². The van der Waals surface area contributed by atoms with Gasteiger partial charge in [0.2, 0.25) is 11.8 Å². The van der Waals surface area contributed by atoms with E-state index in [4.69, 9.17) is 9.47 Å². The molecule has 2 unspecified atom stereocenters. The Hall–Kier alpha value is -4.08. The monoisotopic (exact) mass is 606 g/mol. The van der Waals surface area contributed by atoms with Crippen molar-refractivity contribution in [1.82, 2.24) is 20.4 Å². The zero-order chi connectivity index (χ0) is 31.9. The Balaban J connectivity index is 1.31. The maximum absolute atomic E-state index is 13.3. The average molecular weight is 607 g/mol. The maximum Gasteiger partial charge on any atom is 0.410 e. The van der Waals surface area contributed by atoms with Gasteiger partial charge < -0.3 is 25.0 Å². The fourth-order valence-corrected chi connectivity index (χ4v) is 6.01. The second-order valence-electron chi connectivity index (χ2n) is 12.3. The molecule has 4 rings (SSSR count). The van der Waals surface area contributed by atoms with Gasteiger partial charge in [-0.25, -0.2) is 9.59 Å². The van der Waals surface area contributed by atoms with Crippen LogP contribution in [0.2, 0.25) is 0 Å². The highest BCUT2D eigenvalue weighted by Crippen LogP contribution is 2.44. The van der Waals surface area contributed by atoms with Gasteiger partial charge in [0.05, 0.1) is 0 Å². The summed E-state index contributed by atoms with van der Waals surface area (Å²) in [6.45, 7) is 11.1. The van der Waals surface area contributed by atoms with Crippen LogP contribution < -0.4 is 10.6 Å². The van der Waals surface area contributed by atoms with Crippen molar-refractivity contribution in [2.45, 2.75) is 83.9 Å². The highest BCUT2D eigenvalue weighted by Gasteiger charge is 2.38. The van der Waals surface area contributed by atoms with Gasteiger partial charge in [-0.05, 0) is 82.6 Å². The highest BCUT2D eigenvalue weighted by atomic mass is 16.6. The number of amides is 4. The molecule has 2 aromatic rings. The molecule has 1 aliphatic carbocycles. The molecule has 2 aliphatic rings. The Morgan fingerprint density at radius 1 is 0.977 bits per heavy atom. The molecule has 10 nitrogen and oxygen atoms in total. The summed E-state index contributed by atoms with van der Waals surface area (Å²) in [4.78, 5) is 55.1. The van der Waals surface area contributed by atoms with Crippen molar-refractivity contribution in [2.24, 2.45) is 0 Å². The number of nitrogens with zero attached hydrogens (tertiary/aromatic N) is 2. The van der Waals surface area contributed by atoms with Gasteiger partial charge >= 0.3 is 12.2 Å². The molecule has 1 fully saturated rings. The Morgan fingerprint density at radius 2 is 1.59 bits per heavy atom. The van der Waals surface area contributed by atoms with Crippen molar-refractivity contribution in [3.63, 3.8) is 0 Å². The number of nitrogens with one attached hydrogen (secondary N) is 2. The van der Waals surface area contributed by atoms with Crippen molar-refractivity contribution in [3.05, 3.63) is 59.7 Å². The highest BCUT2D eigenvalue weighted by molar-refractivity contribution is 5.91. The molecule has 10 heteroatoms. The number of alkyl carbamates (subject to hydrolysis) is 1. The van der Waals surface area contributed by atoms with Crippen LogP contribution in [0.25, 0.3) is 11.1 Å². The number of likely N-dealkylation sites (N-methyl/N-ethyl adjacent to an activating group) is 1. The Kier molecular flexibility index (Phi) is 10.9. The van der Waals surface area contributed by atoms with Gasteiger partial charge in [-0.2, -0.15) is 0 Å². The van der Waals surface area contributed by atoms with Gasteiger partial charge in [-0.15, -0.1) is 0 Å². The normalized spacial score (nSPS) is 16.5. The van der Waals surface area contributed by atoms with Gasteiger partial charge in [-0.1, -0.05) is 48.5 Å².